The molecule has 0 atom stereocenters. The lowest BCUT2D eigenvalue weighted by Crippen LogP contribution is -2.18. The van der Waals surface area contributed by atoms with Crippen molar-refractivity contribution >= 4 is 23.4 Å². The number of amides is 1. The maximum atomic E-state index is 13.3. The molecule has 9 heteroatoms. The first-order valence-corrected chi connectivity index (χ1v) is 12.4. The van der Waals surface area contributed by atoms with E-state index in [0.29, 0.717) is 22.6 Å². The number of rotatable bonds is 7. The zero-order valence-electron chi connectivity index (χ0n) is 20.5. The quantitative estimate of drug-likeness (QED) is 0.251. The van der Waals surface area contributed by atoms with E-state index in [2.05, 4.69) is 16.4 Å². The van der Waals surface area contributed by atoms with Crippen LogP contribution < -0.4 is 10.1 Å². The van der Waals surface area contributed by atoms with Crippen molar-refractivity contribution in [2.45, 2.75) is 18.1 Å². The number of halogens is 3. The van der Waals surface area contributed by atoms with E-state index in [9.17, 15) is 23.2 Å². The number of pyridine rings is 1. The Hall–Kier alpha value is -4.29. The molecule has 0 fully saturated rings. The van der Waals surface area contributed by atoms with Crippen LogP contribution in [-0.4, -0.2) is 23.8 Å². The Balaban J connectivity index is 1.72. The minimum Gasteiger partial charge on any atom is -0.496 e. The number of benzene rings is 3. The highest BCUT2D eigenvalue weighted by molar-refractivity contribution is 8.00. The van der Waals surface area contributed by atoms with Crippen molar-refractivity contribution in [3.8, 4) is 34.2 Å². The van der Waals surface area contributed by atoms with Gasteiger partial charge in [-0.15, -0.1) is 0 Å². The lowest BCUT2D eigenvalue weighted by Gasteiger charge is -2.15. The largest absolute Gasteiger partial charge is 0.496 e. The second-order valence-electron chi connectivity index (χ2n) is 8.29. The minimum absolute atomic E-state index is 0.235. The summed E-state index contributed by atoms with van der Waals surface area (Å²) in [7, 11) is 1.53. The van der Waals surface area contributed by atoms with Gasteiger partial charge in [-0.25, -0.2) is 4.98 Å². The predicted octanol–water partition coefficient (Wildman–Crippen LogP) is 7.35. The van der Waals surface area contributed by atoms with Crippen LogP contribution in [0.15, 0.2) is 83.9 Å². The maximum absolute atomic E-state index is 13.3. The summed E-state index contributed by atoms with van der Waals surface area (Å²) in [5.74, 6) is -0.351. The molecule has 0 aliphatic carbocycles. The highest BCUT2D eigenvalue weighted by Crippen LogP contribution is 2.38. The average molecular weight is 534 g/mol. The fraction of sp³-hybridized carbons (Fsp3) is 0.138. The van der Waals surface area contributed by atoms with Crippen molar-refractivity contribution in [3.63, 3.8) is 0 Å². The second kappa shape index (κ2) is 11.4. The molecule has 0 aliphatic rings. The van der Waals surface area contributed by atoms with Crippen LogP contribution >= 0.6 is 11.8 Å². The molecule has 1 aromatic heterocycles. The van der Waals surface area contributed by atoms with Crippen molar-refractivity contribution in [1.82, 2.24) is 4.98 Å². The van der Waals surface area contributed by atoms with E-state index in [1.54, 1.807) is 12.1 Å². The van der Waals surface area contributed by atoms with Crippen molar-refractivity contribution in [1.29, 1.82) is 5.26 Å². The number of carbonyl (C=O) groups excluding carboxylic acids is 1. The van der Waals surface area contributed by atoms with Crippen molar-refractivity contribution < 1.29 is 22.7 Å². The van der Waals surface area contributed by atoms with Gasteiger partial charge in [-0.3, -0.25) is 4.79 Å². The van der Waals surface area contributed by atoms with Gasteiger partial charge in [0.25, 0.3) is 0 Å². The highest BCUT2D eigenvalue weighted by atomic mass is 32.2. The monoisotopic (exact) mass is 533 g/mol. The summed E-state index contributed by atoms with van der Waals surface area (Å²) >= 11 is 0.979. The van der Waals surface area contributed by atoms with Crippen LogP contribution in [-0.2, 0) is 11.0 Å². The average Bonchev–Trinajstić information content (AvgIpc) is 2.91. The molecule has 0 spiro atoms. The smallest absolute Gasteiger partial charge is 0.418 e. The van der Waals surface area contributed by atoms with Crippen molar-refractivity contribution in [2.75, 3.05) is 18.2 Å². The van der Waals surface area contributed by atoms with Crippen LogP contribution in [0.25, 0.3) is 22.4 Å². The number of nitrogens with one attached hydrogen (secondary N) is 1. The van der Waals surface area contributed by atoms with E-state index >= 15 is 0 Å². The number of ether oxygens (including phenoxy) is 1. The van der Waals surface area contributed by atoms with Gasteiger partial charge in [0.05, 0.1) is 35.4 Å². The lowest BCUT2D eigenvalue weighted by atomic mass is 9.98. The number of nitriles is 1. The number of hydrogen-bond donors (Lipinski definition) is 1. The van der Waals surface area contributed by atoms with Crippen LogP contribution in [0.3, 0.4) is 0 Å². The molecule has 3 aromatic carbocycles. The van der Waals surface area contributed by atoms with E-state index in [4.69, 9.17) is 4.74 Å². The number of aromatic nitrogens is 1. The molecule has 5 nitrogen and oxygen atoms in total. The van der Waals surface area contributed by atoms with Gasteiger partial charge in [-0.1, -0.05) is 71.9 Å². The van der Waals surface area contributed by atoms with E-state index < -0.39 is 17.6 Å². The van der Waals surface area contributed by atoms with Gasteiger partial charge in [0.1, 0.15) is 16.8 Å². The molecule has 0 unspecified atom stereocenters. The van der Waals surface area contributed by atoms with E-state index in [1.165, 1.54) is 25.3 Å². The summed E-state index contributed by atoms with van der Waals surface area (Å²) in [5.41, 5.74) is 2.67. The summed E-state index contributed by atoms with van der Waals surface area (Å²) in [5, 5.41) is 12.7. The fourth-order valence-electron chi connectivity index (χ4n) is 3.85. The minimum atomic E-state index is -4.61. The van der Waals surface area contributed by atoms with Gasteiger partial charge in [-0.2, -0.15) is 18.4 Å². The third-order valence-corrected chi connectivity index (χ3v) is 6.66. The molecule has 0 saturated carbocycles. The molecule has 0 saturated heterocycles. The molecule has 38 heavy (non-hydrogen) atoms. The molecule has 4 rings (SSSR count). The first-order valence-electron chi connectivity index (χ1n) is 11.5. The van der Waals surface area contributed by atoms with Crippen molar-refractivity contribution in [3.05, 3.63) is 95.6 Å². The van der Waals surface area contributed by atoms with Crippen LogP contribution in [0.1, 0.15) is 16.7 Å². The molecule has 4 aromatic rings. The predicted molar refractivity (Wildman–Crippen MR) is 142 cm³/mol. The summed E-state index contributed by atoms with van der Waals surface area (Å²) in [6.45, 7) is 1.97. The van der Waals surface area contributed by atoms with Crippen LogP contribution in [0, 0.1) is 18.3 Å². The Bertz CT molecular complexity index is 1510. The number of anilines is 1. The number of alkyl halides is 3. The Morgan fingerprint density at radius 3 is 2.39 bits per heavy atom. The van der Waals surface area contributed by atoms with E-state index in [-0.39, 0.29) is 22.0 Å². The number of thioether (sulfide) groups is 1. The number of methoxy groups -OCH3 is 1. The van der Waals surface area contributed by atoms with Gasteiger partial charge in [0.15, 0.2) is 0 Å². The van der Waals surface area contributed by atoms with Crippen LogP contribution in [0.5, 0.6) is 5.75 Å². The summed E-state index contributed by atoms with van der Waals surface area (Å²) < 4.78 is 45.5. The topological polar surface area (TPSA) is 75.0 Å². The lowest BCUT2D eigenvalue weighted by molar-refractivity contribution is -0.137. The molecule has 0 aliphatic heterocycles. The fourth-order valence-corrected chi connectivity index (χ4v) is 4.65. The summed E-state index contributed by atoms with van der Waals surface area (Å²) in [6.07, 6.45) is -4.61. The first kappa shape index (κ1) is 26.8. The third-order valence-electron chi connectivity index (χ3n) is 5.69. The number of nitrogens with zero attached hydrogens (tertiary/aromatic N) is 2. The summed E-state index contributed by atoms with van der Waals surface area (Å²) in [4.78, 5) is 17.3. The maximum Gasteiger partial charge on any atom is 0.418 e. The van der Waals surface area contributed by atoms with Crippen LogP contribution in [0.2, 0.25) is 0 Å². The number of hydrogen-bond acceptors (Lipinski definition) is 5. The standard InChI is InChI=1S/C29H22F3N3O2S/c1-18-11-13-19(14-12-18)25-15-21(20-7-3-6-10-26(20)37-2)22(16-33)28(35-25)38-17-27(36)34-24-9-5-4-8-23(24)29(30,31)32/h3-15H,17H2,1-2H3,(H,34,36). The Kier molecular flexibility index (Phi) is 8.03. The molecule has 0 bridgehead atoms. The second-order valence-corrected chi connectivity index (χ2v) is 9.26. The molecule has 0 radical (unpaired) electrons. The molecular weight excluding hydrogens is 511 g/mol. The highest BCUT2D eigenvalue weighted by Gasteiger charge is 2.33. The van der Waals surface area contributed by atoms with Crippen LogP contribution in [0.4, 0.5) is 18.9 Å². The Morgan fingerprint density at radius 2 is 1.71 bits per heavy atom. The zero-order chi connectivity index (χ0) is 27.3. The number of para-hydroxylation sites is 2. The molecule has 1 heterocycles. The third kappa shape index (κ3) is 5.98. The molecule has 1 N–H and O–H groups in total. The van der Waals surface area contributed by atoms with Gasteiger partial charge in [0, 0.05) is 16.7 Å². The van der Waals surface area contributed by atoms with Gasteiger partial charge in [-0.05, 0) is 31.2 Å². The van der Waals surface area contributed by atoms with Gasteiger partial charge in [0.2, 0.25) is 5.91 Å². The van der Waals surface area contributed by atoms with Crippen molar-refractivity contribution in [2.24, 2.45) is 0 Å². The molecular formula is C29H22F3N3O2S. The molecule has 192 valence electrons. The van der Waals surface area contributed by atoms with Gasteiger partial charge >= 0.3 is 6.18 Å². The Labute approximate surface area is 222 Å². The van der Waals surface area contributed by atoms with E-state index in [1.807, 2.05) is 49.4 Å². The zero-order valence-corrected chi connectivity index (χ0v) is 21.3. The van der Waals surface area contributed by atoms with E-state index in [0.717, 1.165) is 29.0 Å². The summed E-state index contributed by atoms with van der Waals surface area (Å²) in [6, 6.07) is 23.7. The number of carbonyl (C=O) groups is 1. The number of aryl methyl sites for hydroxylation is 1. The first-order chi connectivity index (χ1) is 18.2. The molecule has 1 amide bonds. The normalized spacial score (nSPS) is 11.1. The Morgan fingerprint density at radius 1 is 1.03 bits per heavy atom. The van der Waals surface area contributed by atoms with Gasteiger partial charge < -0.3 is 10.1 Å². The SMILES string of the molecule is COc1ccccc1-c1cc(-c2ccc(C)cc2)nc(SCC(=O)Nc2ccccc2C(F)(F)F)c1C#N.